The lowest BCUT2D eigenvalue weighted by Gasteiger charge is -2.18. The van der Waals surface area contributed by atoms with Crippen LogP contribution < -0.4 is 10.2 Å². The fourth-order valence-corrected chi connectivity index (χ4v) is 2.78. The van der Waals surface area contributed by atoms with Crippen molar-refractivity contribution in [2.24, 2.45) is 11.8 Å². The third-order valence-electron chi connectivity index (χ3n) is 3.79. The van der Waals surface area contributed by atoms with Gasteiger partial charge in [0.2, 0.25) is 0 Å². The summed E-state index contributed by atoms with van der Waals surface area (Å²) in [7, 11) is 0. The predicted molar refractivity (Wildman–Crippen MR) is 61.3 cm³/mol. The molecule has 0 aromatic carbocycles. The van der Waals surface area contributed by atoms with Gasteiger partial charge in [0.25, 0.3) is 0 Å². The SMILES string of the molecule is FC(F)(F)c1ccc(N2C[C@H]3CNC[C@H]3C2)nc1. The number of alkyl halides is 3. The first kappa shape index (κ1) is 11.8. The van der Waals surface area contributed by atoms with Crippen LogP contribution >= 0.6 is 0 Å². The van der Waals surface area contributed by atoms with Gasteiger partial charge in [-0.05, 0) is 24.0 Å². The summed E-state index contributed by atoms with van der Waals surface area (Å²) in [6, 6.07) is 2.58. The molecule has 0 saturated carbocycles. The van der Waals surface area contributed by atoms with E-state index in [2.05, 4.69) is 15.2 Å². The zero-order chi connectivity index (χ0) is 12.8. The summed E-state index contributed by atoms with van der Waals surface area (Å²) in [5.41, 5.74) is -0.688. The minimum Gasteiger partial charge on any atom is -0.356 e. The van der Waals surface area contributed by atoms with E-state index in [4.69, 9.17) is 0 Å². The van der Waals surface area contributed by atoms with E-state index in [1.165, 1.54) is 6.07 Å². The van der Waals surface area contributed by atoms with Gasteiger partial charge in [-0.3, -0.25) is 0 Å². The van der Waals surface area contributed by atoms with Gasteiger partial charge in [-0.15, -0.1) is 0 Å². The van der Waals surface area contributed by atoms with Crippen molar-refractivity contribution in [3.63, 3.8) is 0 Å². The number of nitrogens with zero attached hydrogens (tertiary/aromatic N) is 2. The molecule has 0 bridgehead atoms. The number of aromatic nitrogens is 1. The summed E-state index contributed by atoms with van der Waals surface area (Å²) in [6.07, 6.45) is -3.39. The lowest BCUT2D eigenvalue weighted by molar-refractivity contribution is -0.137. The average molecular weight is 257 g/mol. The second-order valence-corrected chi connectivity index (χ2v) is 4.99. The quantitative estimate of drug-likeness (QED) is 0.831. The minimum atomic E-state index is -4.31. The molecule has 3 heterocycles. The van der Waals surface area contributed by atoms with Crippen LogP contribution in [0.4, 0.5) is 19.0 Å². The van der Waals surface area contributed by atoms with Crippen LogP contribution in [0.2, 0.25) is 0 Å². The Morgan fingerprint density at radius 2 is 1.83 bits per heavy atom. The second-order valence-electron chi connectivity index (χ2n) is 4.99. The molecule has 2 atom stereocenters. The van der Waals surface area contributed by atoms with Crippen LogP contribution in [0.1, 0.15) is 5.56 Å². The molecule has 2 fully saturated rings. The first-order valence-corrected chi connectivity index (χ1v) is 6.03. The summed E-state index contributed by atoms with van der Waals surface area (Å²) >= 11 is 0. The Kier molecular flexibility index (Phi) is 2.69. The van der Waals surface area contributed by atoms with E-state index in [9.17, 15) is 13.2 Å². The highest BCUT2D eigenvalue weighted by Crippen LogP contribution is 2.32. The molecule has 6 heteroatoms. The van der Waals surface area contributed by atoms with Crippen LogP contribution in [0.5, 0.6) is 0 Å². The monoisotopic (exact) mass is 257 g/mol. The highest BCUT2D eigenvalue weighted by Gasteiger charge is 2.37. The average Bonchev–Trinajstić information content (AvgIpc) is 2.88. The minimum absolute atomic E-state index is 0.606. The van der Waals surface area contributed by atoms with Crippen LogP contribution in [0.25, 0.3) is 0 Å². The van der Waals surface area contributed by atoms with Gasteiger partial charge in [-0.25, -0.2) is 4.98 Å². The van der Waals surface area contributed by atoms with Crippen molar-refractivity contribution in [1.82, 2.24) is 10.3 Å². The number of anilines is 1. The van der Waals surface area contributed by atoms with Gasteiger partial charge in [0, 0.05) is 32.4 Å². The number of fused-ring (bicyclic) bond motifs is 1. The van der Waals surface area contributed by atoms with Gasteiger partial charge in [-0.2, -0.15) is 13.2 Å². The van der Waals surface area contributed by atoms with E-state index in [0.717, 1.165) is 38.4 Å². The summed E-state index contributed by atoms with van der Waals surface area (Å²) < 4.78 is 37.3. The van der Waals surface area contributed by atoms with Gasteiger partial charge < -0.3 is 10.2 Å². The van der Waals surface area contributed by atoms with Crippen LogP contribution in [0.3, 0.4) is 0 Å². The molecule has 1 aromatic rings. The number of halogens is 3. The summed E-state index contributed by atoms with van der Waals surface area (Å²) in [6.45, 7) is 3.77. The molecule has 1 N–H and O–H groups in total. The molecule has 3 nitrogen and oxygen atoms in total. The topological polar surface area (TPSA) is 28.2 Å². The van der Waals surface area contributed by atoms with E-state index >= 15 is 0 Å². The lowest BCUT2D eigenvalue weighted by atomic mass is 10.0. The number of nitrogens with one attached hydrogen (secondary N) is 1. The second kappa shape index (κ2) is 4.12. The Morgan fingerprint density at radius 3 is 2.33 bits per heavy atom. The first-order chi connectivity index (χ1) is 8.54. The maximum absolute atomic E-state index is 12.4. The number of pyridine rings is 1. The smallest absolute Gasteiger partial charge is 0.356 e. The van der Waals surface area contributed by atoms with E-state index in [0.29, 0.717) is 17.7 Å². The Hall–Kier alpha value is -1.30. The summed E-state index contributed by atoms with van der Waals surface area (Å²) in [5.74, 6) is 1.86. The molecule has 0 radical (unpaired) electrons. The van der Waals surface area contributed by atoms with Crippen molar-refractivity contribution in [3.05, 3.63) is 23.9 Å². The highest BCUT2D eigenvalue weighted by atomic mass is 19.4. The predicted octanol–water partition coefficient (Wildman–Crippen LogP) is 1.76. The first-order valence-electron chi connectivity index (χ1n) is 6.03. The number of rotatable bonds is 1. The fraction of sp³-hybridized carbons (Fsp3) is 0.583. The van der Waals surface area contributed by atoms with Crippen LogP contribution in [-0.2, 0) is 6.18 Å². The van der Waals surface area contributed by atoms with Gasteiger partial charge >= 0.3 is 6.18 Å². The highest BCUT2D eigenvalue weighted by molar-refractivity contribution is 5.41. The Balaban J connectivity index is 1.74. The van der Waals surface area contributed by atoms with E-state index < -0.39 is 11.7 Å². The molecule has 0 amide bonds. The van der Waals surface area contributed by atoms with E-state index in [-0.39, 0.29) is 0 Å². The van der Waals surface area contributed by atoms with Gasteiger partial charge in [0.15, 0.2) is 0 Å². The van der Waals surface area contributed by atoms with Gasteiger partial charge in [0.1, 0.15) is 5.82 Å². The van der Waals surface area contributed by atoms with Crippen molar-refractivity contribution < 1.29 is 13.2 Å². The standard InChI is InChI=1S/C12H14F3N3/c13-12(14,15)10-1-2-11(17-5-10)18-6-8-3-16-4-9(8)7-18/h1-2,5,8-9,16H,3-4,6-7H2/t8-,9+. The maximum atomic E-state index is 12.4. The third-order valence-corrected chi connectivity index (χ3v) is 3.79. The van der Waals surface area contributed by atoms with Gasteiger partial charge in [0.05, 0.1) is 5.56 Å². The largest absolute Gasteiger partial charge is 0.417 e. The van der Waals surface area contributed by atoms with Crippen molar-refractivity contribution >= 4 is 5.82 Å². The van der Waals surface area contributed by atoms with Crippen molar-refractivity contribution in [1.29, 1.82) is 0 Å². The molecule has 98 valence electrons. The van der Waals surface area contributed by atoms with Crippen molar-refractivity contribution in [2.75, 3.05) is 31.1 Å². The van der Waals surface area contributed by atoms with Crippen LogP contribution in [0, 0.1) is 11.8 Å². The van der Waals surface area contributed by atoms with Gasteiger partial charge in [-0.1, -0.05) is 0 Å². The molecule has 3 rings (SSSR count). The molecule has 1 aromatic heterocycles. The molecular formula is C12H14F3N3. The Morgan fingerprint density at radius 1 is 1.17 bits per heavy atom. The van der Waals surface area contributed by atoms with Crippen molar-refractivity contribution in [3.8, 4) is 0 Å². The normalized spacial score (nSPS) is 27.6. The Bertz CT molecular complexity index is 417. The molecule has 0 spiro atoms. The molecule has 18 heavy (non-hydrogen) atoms. The zero-order valence-electron chi connectivity index (χ0n) is 9.74. The molecule has 2 aliphatic heterocycles. The van der Waals surface area contributed by atoms with Crippen molar-refractivity contribution in [2.45, 2.75) is 6.18 Å². The summed E-state index contributed by atoms with van der Waals surface area (Å²) in [4.78, 5) is 6.02. The van der Waals surface area contributed by atoms with E-state index in [1.807, 2.05) is 0 Å². The molecule has 2 aliphatic rings. The van der Waals surface area contributed by atoms with E-state index in [1.54, 1.807) is 0 Å². The number of hydrogen-bond acceptors (Lipinski definition) is 3. The molecule has 0 unspecified atom stereocenters. The molecular weight excluding hydrogens is 243 g/mol. The van der Waals surface area contributed by atoms with Crippen LogP contribution in [0.15, 0.2) is 18.3 Å². The lowest BCUT2D eigenvalue weighted by Crippen LogP contribution is -2.26. The molecule has 2 saturated heterocycles. The zero-order valence-corrected chi connectivity index (χ0v) is 9.74. The number of hydrogen-bond donors (Lipinski definition) is 1. The summed E-state index contributed by atoms with van der Waals surface area (Å²) in [5, 5.41) is 3.33. The Labute approximate surface area is 103 Å². The maximum Gasteiger partial charge on any atom is 0.417 e. The van der Waals surface area contributed by atoms with Crippen LogP contribution in [-0.4, -0.2) is 31.2 Å². The molecule has 0 aliphatic carbocycles. The fourth-order valence-electron chi connectivity index (χ4n) is 2.78. The third kappa shape index (κ3) is 2.05.